The molecule has 0 saturated carbocycles. The number of rotatable bonds is 6. The first-order valence-electron chi connectivity index (χ1n) is 10.8. The molecule has 0 bridgehead atoms. The maximum absolute atomic E-state index is 12.7. The van der Waals surface area contributed by atoms with Gasteiger partial charge in [0, 0.05) is 50.3 Å². The third-order valence-corrected chi connectivity index (χ3v) is 5.89. The van der Waals surface area contributed by atoms with Crippen molar-refractivity contribution < 1.29 is 9.53 Å². The maximum Gasteiger partial charge on any atom is 0.271 e. The zero-order valence-electron chi connectivity index (χ0n) is 18.0. The fourth-order valence-electron chi connectivity index (χ4n) is 4.14. The number of carbonyl (C=O) groups excluding carboxylic acids is 1. The number of fused-ring (bicyclic) bond motifs is 2. The predicted molar refractivity (Wildman–Crippen MR) is 123 cm³/mol. The first-order chi connectivity index (χ1) is 15.7. The first-order valence-corrected chi connectivity index (χ1v) is 10.8. The minimum atomic E-state index is -0.174. The summed E-state index contributed by atoms with van der Waals surface area (Å²) in [4.78, 5) is 24.2. The molecule has 3 heterocycles. The second-order valence-corrected chi connectivity index (χ2v) is 7.91. The first kappa shape index (κ1) is 20.2. The summed E-state index contributed by atoms with van der Waals surface area (Å²) in [6.07, 6.45) is 6.32. The standard InChI is InChI=1S/C25H25N5O2/c1-32-21-8-6-19(7-9-21)23-24-28-22(17-30(24)15-12-26-23)25(31)27-11-14-29-13-10-18-4-2-3-5-20(18)16-29/h2-9,12,15,17H,10-11,13-14,16H2,1H3,(H,27,31). The Bertz CT molecular complexity index is 1250. The second kappa shape index (κ2) is 8.80. The number of hydrogen-bond donors (Lipinski definition) is 1. The van der Waals surface area contributed by atoms with Crippen LogP contribution in [0.2, 0.25) is 0 Å². The third-order valence-electron chi connectivity index (χ3n) is 5.89. The van der Waals surface area contributed by atoms with Gasteiger partial charge in [-0.05, 0) is 41.8 Å². The third kappa shape index (κ3) is 4.07. The van der Waals surface area contributed by atoms with Crippen LogP contribution in [0.3, 0.4) is 0 Å². The Balaban J connectivity index is 1.25. The Morgan fingerprint density at radius 3 is 2.75 bits per heavy atom. The lowest BCUT2D eigenvalue weighted by molar-refractivity contribution is 0.0943. The molecule has 0 radical (unpaired) electrons. The van der Waals surface area contributed by atoms with Gasteiger partial charge >= 0.3 is 0 Å². The van der Waals surface area contributed by atoms with E-state index in [-0.39, 0.29) is 5.91 Å². The van der Waals surface area contributed by atoms with Crippen molar-refractivity contribution in [2.24, 2.45) is 0 Å². The van der Waals surface area contributed by atoms with Gasteiger partial charge in [0.1, 0.15) is 17.1 Å². The van der Waals surface area contributed by atoms with E-state index in [1.807, 2.05) is 28.7 Å². The molecule has 0 fully saturated rings. The summed E-state index contributed by atoms with van der Waals surface area (Å²) in [5, 5.41) is 3.01. The Morgan fingerprint density at radius 2 is 1.94 bits per heavy atom. The molecule has 0 saturated heterocycles. The molecule has 1 aliphatic rings. The summed E-state index contributed by atoms with van der Waals surface area (Å²) in [5.41, 5.74) is 5.48. The van der Waals surface area contributed by atoms with Crippen LogP contribution in [-0.4, -0.2) is 51.9 Å². The Labute approximate surface area is 186 Å². The van der Waals surface area contributed by atoms with E-state index < -0.39 is 0 Å². The van der Waals surface area contributed by atoms with E-state index in [0.29, 0.717) is 17.9 Å². The molecule has 7 heteroatoms. The van der Waals surface area contributed by atoms with Gasteiger partial charge in [-0.25, -0.2) is 4.98 Å². The number of nitrogens with one attached hydrogen (secondary N) is 1. The zero-order valence-corrected chi connectivity index (χ0v) is 18.0. The topological polar surface area (TPSA) is 71.8 Å². The normalized spacial score (nSPS) is 13.7. The molecule has 0 atom stereocenters. The smallest absolute Gasteiger partial charge is 0.271 e. The molecule has 2 aromatic heterocycles. The lowest BCUT2D eigenvalue weighted by Crippen LogP contribution is -2.37. The van der Waals surface area contributed by atoms with E-state index in [4.69, 9.17) is 4.74 Å². The van der Waals surface area contributed by atoms with Crippen LogP contribution >= 0.6 is 0 Å². The van der Waals surface area contributed by atoms with Crippen molar-refractivity contribution in [3.63, 3.8) is 0 Å². The van der Waals surface area contributed by atoms with Gasteiger partial charge in [-0.3, -0.25) is 14.7 Å². The fraction of sp³-hybridized carbons (Fsp3) is 0.240. The van der Waals surface area contributed by atoms with E-state index in [2.05, 4.69) is 44.5 Å². The molecule has 0 spiro atoms. The van der Waals surface area contributed by atoms with Gasteiger partial charge in [-0.15, -0.1) is 0 Å². The Kier molecular flexibility index (Phi) is 5.56. The van der Waals surface area contributed by atoms with Gasteiger partial charge in [-0.2, -0.15) is 0 Å². The van der Waals surface area contributed by atoms with Crippen LogP contribution in [0.25, 0.3) is 16.9 Å². The predicted octanol–water partition coefficient (Wildman–Crippen LogP) is 3.19. The molecule has 7 nitrogen and oxygen atoms in total. The highest BCUT2D eigenvalue weighted by molar-refractivity contribution is 5.93. The molecule has 162 valence electrons. The van der Waals surface area contributed by atoms with Gasteiger partial charge in [0.25, 0.3) is 5.91 Å². The molecule has 4 aromatic rings. The van der Waals surface area contributed by atoms with Gasteiger partial charge in [-0.1, -0.05) is 24.3 Å². The zero-order chi connectivity index (χ0) is 21.9. The van der Waals surface area contributed by atoms with Crippen molar-refractivity contribution in [2.45, 2.75) is 13.0 Å². The van der Waals surface area contributed by atoms with Crippen LogP contribution in [0.15, 0.2) is 67.1 Å². The SMILES string of the molecule is COc1ccc(-c2nccn3cc(C(=O)NCCN4CCc5ccccc5C4)nc23)cc1. The quantitative estimate of drug-likeness (QED) is 0.512. The molecular formula is C25H25N5O2. The lowest BCUT2D eigenvalue weighted by atomic mass is 10.00. The second-order valence-electron chi connectivity index (χ2n) is 7.91. The van der Waals surface area contributed by atoms with Crippen LogP contribution < -0.4 is 10.1 Å². The largest absolute Gasteiger partial charge is 0.497 e. The van der Waals surface area contributed by atoms with Crippen molar-refractivity contribution in [3.05, 3.63) is 83.9 Å². The van der Waals surface area contributed by atoms with E-state index in [1.165, 1.54) is 11.1 Å². The van der Waals surface area contributed by atoms with Gasteiger partial charge in [0.2, 0.25) is 0 Å². The number of methoxy groups -OCH3 is 1. The number of aromatic nitrogens is 3. The van der Waals surface area contributed by atoms with E-state index in [1.54, 1.807) is 25.7 Å². The number of nitrogens with zero attached hydrogens (tertiary/aromatic N) is 4. The van der Waals surface area contributed by atoms with Gasteiger partial charge < -0.3 is 14.5 Å². The number of ether oxygens (including phenoxy) is 1. The molecule has 1 N–H and O–H groups in total. The van der Waals surface area contributed by atoms with Crippen molar-refractivity contribution in [1.29, 1.82) is 0 Å². The number of hydrogen-bond acceptors (Lipinski definition) is 5. The van der Waals surface area contributed by atoms with E-state index in [0.717, 1.165) is 43.1 Å². The number of carbonyl (C=O) groups is 1. The molecule has 1 amide bonds. The molecule has 1 aliphatic heterocycles. The van der Waals surface area contributed by atoms with Gasteiger partial charge in [0.15, 0.2) is 5.65 Å². The monoisotopic (exact) mass is 427 g/mol. The lowest BCUT2D eigenvalue weighted by Gasteiger charge is -2.28. The van der Waals surface area contributed by atoms with Crippen molar-refractivity contribution >= 4 is 11.6 Å². The van der Waals surface area contributed by atoms with Crippen LogP contribution in [0.1, 0.15) is 21.6 Å². The molecule has 0 aliphatic carbocycles. The minimum absolute atomic E-state index is 0.174. The van der Waals surface area contributed by atoms with E-state index in [9.17, 15) is 4.79 Å². The summed E-state index contributed by atoms with van der Waals surface area (Å²) in [7, 11) is 1.64. The molecule has 0 unspecified atom stereocenters. The van der Waals surface area contributed by atoms with Crippen molar-refractivity contribution in [3.8, 4) is 17.0 Å². The van der Waals surface area contributed by atoms with Crippen LogP contribution in [0.5, 0.6) is 5.75 Å². The van der Waals surface area contributed by atoms with Crippen LogP contribution in [0, 0.1) is 0 Å². The maximum atomic E-state index is 12.7. The highest BCUT2D eigenvalue weighted by Crippen LogP contribution is 2.24. The highest BCUT2D eigenvalue weighted by atomic mass is 16.5. The Hall–Kier alpha value is -3.71. The number of benzene rings is 2. The molecule has 5 rings (SSSR count). The minimum Gasteiger partial charge on any atom is -0.497 e. The fourth-order valence-corrected chi connectivity index (χ4v) is 4.14. The molecular weight excluding hydrogens is 402 g/mol. The van der Waals surface area contributed by atoms with Crippen molar-refractivity contribution in [2.75, 3.05) is 26.7 Å². The average molecular weight is 428 g/mol. The number of amides is 1. The van der Waals surface area contributed by atoms with Gasteiger partial charge in [0.05, 0.1) is 7.11 Å². The summed E-state index contributed by atoms with van der Waals surface area (Å²) in [6.45, 7) is 3.33. The van der Waals surface area contributed by atoms with Crippen molar-refractivity contribution in [1.82, 2.24) is 24.6 Å². The summed E-state index contributed by atoms with van der Waals surface area (Å²) in [5.74, 6) is 0.605. The number of imidazole rings is 1. The summed E-state index contributed by atoms with van der Waals surface area (Å²) in [6, 6.07) is 16.2. The van der Waals surface area contributed by atoms with Crippen LogP contribution in [0.4, 0.5) is 0 Å². The average Bonchev–Trinajstić information content (AvgIpc) is 3.29. The summed E-state index contributed by atoms with van der Waals surface area (Å²) < 4.78 is 7.07. The highest BCUT2D eigenvalue weighted by Gasteiger charge is 2.17. The van der Waals surface area contributed by atoms with Crippen LogP contribution in [-0.2, 0) is 13.0 Å². The molecule has 32 heavy (non-hydrogen) atoms. The summed E-state index contributed by atoms with van der Waals surface area (Å²) >= 11 is 0. The molecule has 2 aromatic carbocycles. The Morgan fingerprint density at radius 1 is 1.12 bits per heavy atom. The van der Waals surface area contributed by atoms with E-state index >= 15 is 0 Å².